The molecule has 0 aromatic carbocycles. The summed E-state index contributed by atoms with van der Waals surface area (Å²) in [7, 11) is 1.82. The molecule has 6 heteroatoms. The molecule has 4 nitrogen and oxygen atoms in total. The molecule has 19 heavy (non-hydrogen) atoms. The number of nitrogens with zero attached hydrogens (tertiary/aromatic N) is 2. The third kappa shape index (κ3) is 8.10. The van der Waals surface area contributed by atoms with Gasteiger partial charge in [0.1, 0.15) is 4.34 Å². The Morgan fingerprint density at radius 1 is 1.32 bits per heavy atom. The molecule has 1 aromatic heterocycles. The van der Waals surface area contributed by atoms with E-state index in [1.54, 1.807) is 11.3 Å². The Morgan fingerprint density at radius 3 is 2.74 bits per heavy atom. The molecule has 0 saturated carbocycles. The van der Waals surface area contributed by atoms with Crippen molar-refractivity contribution in [2.45, 2.75) is 36.9 Å². The molecule has 0 unspecified atom stereocenters. The van der Waals surface area contributed by atoms with Gasteiger partial charge in [0, 0.05) is 37.5 Å². The number of rotatable bonds is 9. The normalized spacial score (nSPS) is 11.6. The number of thioether (sulfide) groups is 1. The summed E-state index contributed by atoms with van der Waals surface area (Å²) in [6.45, 7) is 4.17. The van der Waals surface area contributed by atoms with Crippen LogP contribution in [0.5, 0.6) is 0 Å². The van der Waals surface area contributed by atoms with E-state index in [2.05, 4.69) is 27.5 Å². The number of hydrogen-bond donors (Lipinski definition) is 2. The largest absolute Gasteiger partial charge is 0.356 e. The summed E-state index contributed by atoms with van der Waals surface area (Å²) in [5.74, 6) is 2.00. The SMILES string of the molecule is CCCCCNC(=NC)NCCCSc1nccs1. The van der Waals surface area contributed by atoms with Crippen LogP contribution in [0, 0.1) is 0 Å². The minimum absolute atomic E-state index is 0.912. The lowest BCUT2D eigenvalue weighted by molar-refractivity contribution is 0.681. The Kier molecular flexibility index (Phi) is 9.53. The molecule has 1 heterocycles. The average molecular weight is 300 g/mol. The Morgan fingerprint density at radius 2 is 2.11 bits per heavy atom. The van der Waals surface area contributed by atoms with Crippen LogP contribution in [0.4, 0.5) is 0 Å². The molecule has 2 N–H and O–H groups in total. The van der Waals surface area contributed by atoms with Gasteiger partial charge in [-0.1, -0.05) is 31.5 Å². The van der Waals surface area contributed by atoms with Crippen LogP contribution >= 0.6 is 23.1 Å². The van der Waals surface area contributed by atoms with Gasteiger partial charge in [0.05, 0.1) is 0 Å². The molecule has 0 aliphatic heterocycles. The van der Waals surface area contributed by atoms with Crippen molar-refractivity contribution in [2.24, 2.45) is 4.99 Å². The summed E-state index contributed by atoms with van der Waals surface area (Å²) in [5, 5.41) is 8.68. The van der Waals surface area contributed by atoms with Crippen LogP contribution in [0.2, 0.25) is 0 Å². The molecule has 0 amide bonds. The highest BCUT2D eigenvalue weighted by atomic mass is 32.2. The molecule has 0 bridgehead atoms. The van der Waals surface area contributed by atoms with Crippen LogP contribution in [0.15, 0.2) is 20.9 Å². The van der Waals surface area contributed by atoms with Gasteiger partial charge in [0.15, 0.2) is 5.96 Å². The van der Waals surface area contributed by atoms with Crippen molar-refractivity contribution >= 4 is 29.1 Å². The maximum Gasteiger partial charge on any atom is 0.190 e. The van der Waals surface area contributed by atoms with Gasteiger partial charge in [-0.2, -0.15) is 0 Å². The molecule has 0 saturated heterocycles. The smallest absolute Gasteiger partial charge is 0.190 e. The fourth-order valence-electron chi connectivity index (χ4n) is 1.52. The Hall–Kier alpha value is -0.750. The van der Waals surface area contributed by atoms with Gasteiger partial charge >= 0.3 is 0 Å². The molecule has 0 spiro atoms. The second-order valence-corrected chi connectivity index (χ2v) is 6.37. The van der Waals surface area contributed by atoms with Crippen LogP contribution in [-0.4, -0.2) is 36.8 Å². The third-order valence-corrected chi connectivity index (χ3v) is 4.60. The monoisotopic (exact) mass is 300 g/mol. The van der Waals surface area contributed by atoms with Gasteiger partial charge in [-0.3, -0.25) is 4.99 Å². The van der Waals surface area contributed by atoms with E-state index in [1.807, 2.05) is 30.4 Å². The molecule has 0 aliphatic carbocycles. The minimum Gasteiger partial charge on any atom is -0.356 e. The zero-order valence-electron chi connectivity index (χ0n) is 11.8. The predicted molar refractivity (Wildman–Crippen MR) is 86.3 cm³/mol. The van der Waals surface area contributed by atoms with E-state index < -0.39 is 0 Å². The Balaban J connectivity index is 2.00. The summed E-state index contributed by atoms with van der Waals surface area (Å²) < 4.78 is 1.15. The van der Waals surface area contributed by atoms with E-state index in [0.717, 1.165) is 35.6 Å². The lowest BCUT2D eigenvalue weighted by Crippen LogP contribution is -2.38. The number of nitrogens with one attached hydrogen (secondary N) is 2. The molecule has 0 aliphatic rings. The molecule has 1 rings (SSSR count). The first-order valence-electron chi connectivity index (χ1n) is 6.83. The fourth-order valence-corrected chi connectivity index (χ4v) is 3.17. The Labute approximate surface area is 124 Å². The van der Waals surface area contributed by atoms with Gasteiger partial charge in [0.2, 0.25) is 0 Å². The van der Waals surface area contributed by atoms with Crippen LogP contribution in [0.25, 0.3) is 0 Å². The number of aromatic nitrogens is 1. The third-order valence-electron chi connectivity index (χ3n) is 2.55. The number of guanidine groups is 1. The quantitative estimate of drug-likeness (QED) is 0.319. The molecule has 0 radical (unpaired) electrons. The molecule has 108 valence electrons. The average Bonchev–Trinajstić information content (AvgIpc) is 2.94. The predicted octanol–water partition coefficient (Wildman–Crippen LogP) is 2.98. The van der Waals surface area contributed by atoms with Crippen molar-refractivity contribution in [1.82, 2.24) is 15.6 Å². The summed E-state index contributed by atoms with van der Waals surface area (Å²) >= 11 is 3.52. The van der Waals surface area contributed by atoms with Crippen LogP contribution < -0.4 is 10.6 Å². The number of unbranched alkanes of at least 4 members (excludes halogenated alkanes) is 2. The molecular formula is C13H24N4S2. The zero-order valence-corrected chi connectivity index (χ0v) is 13.4. The van der Waals surface area contributed by atoms with E-state index in [1.165, 1.54) is 19.3 Å². The van der Waals surface area contributed by atoms with Gasteiger partial charge < -0.3 is 10.6 Å². The van der Waals surface area contributed by atoms with Crippen molar-refractivity contribution in [3.8, 4) is 0 Å². The number of aliphatic imine (C=N–C) groups is 1. The van der Waals surface area contributed by atoms with Crippen LogP contribution in [0.1, 0.15) is 32.6 Å². The van der Waals surface area contributed by atoms with Gasteiger partial charge in [-0.15, -0.1) is 11.3 Å². The summed E-state index contributed by atoms with van der Waals surface area (Å²) in [6.07, 6.45) is 6.69. The van der Waals surface area contributed by atoms with Crippen LogP contribution in [-0.2, 0) is 0 Å². The highest BCUT2D eigenvalue weighted by Gasteiger charge is 1.98. The van der Waals surface area contributed by atoms with E-state index in [-0.39, 0.29) is 0 Å². The Bertz CT molecular complexity index is 338. The zero-order chi connectivity index (χ0) is 13.8. The van der Waals surface area contributed by atoms with Gasteiger partial charge in [0.25, 0.3) is 0 Å². The van der Waals surface area contributed by atoms with E-state index >= 15 is 0 Å². The van der Waals surface area contributed by atoms with Crippen molar-refractivity contribution in [1.29, 1.82) is 0 Å². The lowest BCUT2D eigenvalue weighted by atomic mass is 10.2. The molecule has 0 fully saturated rings. The lowest BCUT2D eigenvalue weighted by Gasteiger charge is -2.11. The van der Waals surface area contributed by atoms with Gasteiger partial charge in [-0.25, -0.2) is 4.98 Å². The standard InChI is InChI=1S/C13H24N4S2/c1-3-4-5-7-15-12(14-2)16-8-6-10-18-13-17-9-11-19-13/h9,11H,3-8,10H2,1-2H3,(H2,14,15,16). The summed E-state index contributed by atoms with van der Waals surface area (Å²) in [4.78, 5) is 8.46. The maximum atomic E-state index is 4.25. The second-order valence-electron chi connectivity index (χ2n) is 4.13. The summed E-state index contributed by atoms with van der Waals surface area (Å²) in [5.41, 5.74) is 0. The first kappa shape index (κ1) is 16.3. The second kappa shape index (κ2) is 11.1. The topological polar surface area (TPSA) is 49.3 Å². The first-order valence-corrected chi connectivity index (χ1v) is 8.70. The van der Waals surface area contributed by atoms with Crippen molar-refractivity contribution in [3.63, 3.8) is 0 Å². The van der Waals surface area contributed by atoms with E-state index in [4.69, 9.17) is 0 Å². The first-order chi connectivity index (χ1) is 9.36. The molecule has 1 aromatic rings. The highest BCUT2D eigenvalue weighted by molar-refractivity contribution is 8.00. The minimum atomic E-state index is 0.912. The van der Waals surface area contributed by atoms with Crippen LogP contribution in [0.3, 0.4) is 0 Å². The fraction of sp³-hybridized carbons (Fsp3) is 0.692. The highest BCUT2D eigenvalue weighted by Crippen LogP contribution is 2.20. The molecular weight excluding hydrogens is 276 g/mol. The van der Waals surface area contributed by atoms with E-state index in [9.17, 15) is 0 Å². The van der Waals surface area contributed by atoms with E-state index in [0.29, 0.717) is 0 Å². The van der Waals surface area contributed by atoms with Crippen molar-refractivity contribution in [3.05, 3.63) is 11.6 Å². The van der Waals surface area contributed by atoms with Crippen molar-refractivity contribution < 1.29 is 0 Å². The number of hydrogen-bond acceptors (Lipinski definition) is 4. The molecule has 0 atom stereocenters. The number of thiazole rings is 1. The maximum absolute atomic E-state index is 4.25. The van der Waals surface area contributed by atoms with Gasteiger partial charge in [-0.05, 0) is 12.8 Å². The van der Waals surface area contributed by atoms with Crippen molar-refractivity contribution in [2.75, 3.05) is 25.9 Å². The summed E-state index contributed by atoms with van der Waals surface area (Å²) in [6, 6.07) is 0.